The molecule has 1 aliphatic rings. The third-order valence-corrected chi connectivity index (χ3v) is 5.42. The van der Waals surface area contributed by atoms with Crippen molar-refractivity contribution in [3.8, 4) is 0 Å². The summed E-state index contributed by atoms with van der Waals surface area (Å²) in [5.41, 5.74) is 6.88. The third kappa shape index (κ3) is 4.14. The quantitative estimate of drug-likeness (QED) is 0.606. The van der Waals surface area contributed by atoms with Gasteiger partial charge in [0, 0.05) is 17.8 Å². The first-order valence-electron chi connectivity index (χ1n) is 10.0. The number of benzene rings is 2. The molecule has 29 heavy (non-hydrogen) atoms. The normalized spacial score (nSPS) is 15.7. The molecule has 0 saturated heterocycles. The average molecular weight is 386 g/mol. The summed E-state index contributed by atoms with van der Waals surface area (Å²) in [5, 5.41) is 6.65. The van der Waals surface area contributed by atoms with E-state index in [2.05, 4.69) is 60.4 Å². The molecule has 0 bridgehead atoms. The van der Waals surface area contributed by atoms with Gasteiger partial charge in [0.1, 0.15) is 5.82 Å². The fourth-order valence-electron chi connectivity index (χ4n) is 3.64. The topological polar surface area (TPSA) is 66.9 Å². The molecule has 5 nitrogen and oxygen atoms in total. The molecular weight excluding hydrogens is 360 g/mol. The molecule has 0 saturated carbocycles. The number of rotatable bonds is 4. The highest BCUT2D eigenvalue weighted by Gasteiger charge is 2.28. The first-order valence-corrected chi connectivity index (χ1v) is 10.0. The maximum Gasteiger partial charge on any atom is 0.229 e. The molecule has 0 aliphatic heterocycles. The van der Waals surface area contributed by atoms with Crippen LogP contribution in [0.1, 0.15) is 46.1 Å². The van der Waals surface area contributed by atoms with Crippen molar-refractivity contribution in [2.24, 2.45) is 5.92 Å². The van der Waals surface area contributed by atoms with Gasteiger partial charge in [0.15, 0.2) is 5.78 Å². The molecule has 1 unspecified atom stereocenters. The number of aromatic nitrogens is 2. The molecule has 0 radical (unpaired) electrons. The number of anilines is 4. The molecule has 0 spiro atoms. The highest BCUT2D eigenvalue weighted by atomic mass is 16.1. The summed E-state index contributed by atoms with van der Waals surface area (Å²) in [6, 6.07) is 14.2. The van der Waals surface area contributed by atoms with Crippen molar-refractivity contribution in [2.45, 2.75) is 40.5 Å². The summed E-state index contributed by atoms with van der Waals surface area (Å²) in [7, 11) is 0. The van der Waals surface area contributed by atoms with Gasteiger partial charge in [-0.2, -0.15) is 4.98 Å². The second-order valence-electron chi connectivity index (χ2n) is 8.07. The zero-order valence-electron chi connectivity index (χ0n) is 17.3. The molecule has 0 fully saturated rings. The lowest BCUT2D eigenvalue weighted by molar-refractivity contribution is 0.0953. The molecule has 1 aliphatic carbocycles. The second-order valence-corrected chi connectivity index (χ2v) is 8.07. The van der Waals surface area contributed by atoms with Crippen LogP contribution in [0.5, 0.6) is 0 Å². The highest BCUT2D eigenvalue weighted by Crippen LogP contribution is 2.32. The average Bonchev–Trinajstić information content (AvgIpc) is 2.66. The minimum atomic E-state index is 0.104. The molecule has 2 aromatic carbocycles. The van der Waals surface area contributed by atoms with Gasteiger partial charge in [-0.05, 0) is 68.5 Å². The maximum atomic E-state index is 12.8. The summed E-state index contributed by atoms with van der Waals surface area (Å²) in [6.45, 7) is 8.30. The number of hydrogen-bond acceptors (Lipinski definition) is 5. The van der Waals surface area contributed by atoms with Gasteiger partial charge in [-0.15, -0.1) is 0 Å². The van der Waals surface area contributed by atoms with E-state index in [0.29, 0.717) is 23.8 Å². The summed E-state index contributed by atoms with van der Waals surface area (Å²) in [4.78, 5) is 22.1. The summed E-state index contributed by atoms with van der Waals surface area (Å²) >= 11 is 0. The molecular formula is C24H26N4O. The van der Waals surface area contributed by atoms with Gasteiger partial charge in [0.25, 0.3) is 0 Å². The maximum absolute atomic E-state index is 12.8. The van der Waals surface area contributed by atoms with Crippen LogP contribution in [0.4, 0.5) is 23.1 Å². The molecule has 3 aromatic rings. The monoisotopic (exact) mass is 386 g/mol. The van der Waals surface area contributed by atoms with Crippen molar-refractivity contribution in [2.75, 3.05) is 10.6 Å². The SMILES string of the molecule is Cc1ccc(Nc2nc3c(c(Nc4ccc(C)c(C)c4)n2)C(=O)CC(C)C3)cc1. The van der Waals surface area contributed by atoms with Crippen LogP contribution in [0.25, 0.3) is 0 Å². The predicted molar refractivity (Wildman–Crippen MR) is 118 cm³/mol. The van der Waals surface area contributed by atoms with Crippen molar-refractivity contribution < 1.29 is 4.79 Å². The standard InChI is InChI=1S/C24H26N4O/c1-14-5-8-18(9-6-14)26-24-27-20-11-15(2)12-21(29)22(20)23(28-24)25-19-10-7-16(3)17(4)13-19/h5-10,13,15H,11-12H2,1-4H3,(H2,25,26,27,28). The molecule has 4 rings (SSSR count). The van der Waals surface area contributed by atoms with E-state index >= 15 is 0 Å². The zero-order valence-corrected chi connectivity index (χ0v) is 17.3. The molecule has 1 atom stereocenters. The third-order valence-electron chi connectivity index (χ3n) is 5.42. The Morgan fingerprint density at radius 2 is 1.59 bits per heavy atom. The van der Waals surface area contributed by atoms with E-state index in [4.69, 9.17) is 0 Å². The lowest BCUT2D eigenvalue weighted by Crippen LogP contribution is -2.22. The minimum Gasteiger partial charge on any atom is -0.339 e. The van der Waals surface area contributed by atoms with Crippen LogP contribution >= 0.6 is 0 Å². The van der Waals surface area contributed by atoms with E-state index in [1.54, 1.807) is 0 Å². The Hall–Kier alpha value is -3.21. The van der Waals surface area contributed by atoms with Gasteiger partial charge in [0.05, 0.1) is 11.3 Å². The predicted octanol–water partition coefficient (Wildman–Crippen LogP) is 5.65. The van der Waals surface area contributed by atoms with Crippen molar-refractivity contribution in [3.63, 3.8) is 0 Å². The van der Waals surface area contributed by atoms with E-state index in [0.717, 1.165) is 23.5 Å². The molecule has 1 aromatic heterocycles. The number of nitrogens with one attached hydrogen (secondary N) is 2. The smallest absolute Gasteiger partial charge is 0.229 e. The van der Waals surface area contributed by atoms with Crippen molar-refractivity contribution in [1.29, 1.82) is 0 Å². The second kappa shape index (κ2) is 7.66. The van der Waals surface area contributed by atoms with Crippen LogP contribution in [0, 0.1) is 26.7 Å². The van der Waals surface area contributed by atoms with Gasteiger partial charge >= 0.3 is 0 Å². The molecule has 5 heteroatoms. The van der Waals surface area contributed by atoms with Gasteiger partial charge in [-0.3, -0.25) is 4.79 Å². The number of nitrogens with zero attached hydrogens (tertiary/aromatic N) is 2. The van der Waals surface area contributed by atoms with Crippen molar-refractivity contribution in [1.82, 2.24) is 9.97 Å². The van der Waals surface area contributed by atoms with Gasteiger partial charge in [-0.1, -0.05) is 30.7 Å². The van der Waals surface area contributed by atoms with E-state index in [1.807, 2.05) is 30.3 Å². The van der Waals surface area contributed by atoms with Gasteiger partial charge in [0.2, 0.25) is 5.95 Å². The number of aryl methyl sites for hydroxylation is 3. The molecule has 2 N–H and O–H groups in total. The van der Waals surface area contributed by atoms with Crippen LogP contribution in [0.2, 0.25) is 0 Å². The number of fused-ring (bicyclic) bond motifs is 1. The zero-order chi connectivity index (χ0) is 20.5. The Balaban J connectivity index is 1.74. The van der Waals surface area contributed by atoms with Crippen molar-refractivity contribution in [3.05, 3.63) is 70.4 Å². The van der Waals surface area contributed by atoms with Crippen LogP contribution in [0.15, 0.2) is 42.5 Å². The summed E-state index contributed by atoms with van der Waals surface area (Å²) < 4.78 is 0. The summed E-state index contributed by atoms with van der Waals surface area (Å²) in [6.07, 6.45) is 1.30. The van der Waals surface area contributed by atoms with E-state index in [9.17, 15) is 4.79 Å². The Morgan fingerprint density at radius 3 is 2.31 bits per heavy atom. The summed E-state index contributed by atoms with van der Waals surface area (Å²) in [5.74, 6) is 1.46. The minimum absolute atomic E-state index is 0.104. The van der Waals surface area contributed by atoms with E-state index < -0.39 is 0 Å². The Morgan fingerprint density at radius 1 is 0.862 bits per heavy atom. The first kappa shape index (κ1) is 19.1. The lowest BCUT2D eigenvalue weighted by Gasteiger charge is -2.23. The molecule has 148 valence electrons. The Bertz CT molecular complexity index is 1070. The highest BCUT2D eigenvalue weighted by molar-refractivity contribution is 6.03. The van der Waals surface area contributed by atoms with Crippen LogP contribution < -0.4 is 10.6 Å². The Labute approximate surface area is 171 Å². The number of hydrogen-bond donors (Lipinski definition) is 2. The number of Topliss-reactive ketones (excluding diaryl/α,β-unsaturated/α-hetero) is 1. The fraction of sp³-hybridized carbons (Fsp3) is 0.292. The van der Waals surface area contributed by atoms with Gasteiger partial charge < -0.3 is 10.6 Å². The number of ketones is 1. The van der Waals surface area contributed by atoms with Crippen molar-refractivity contribution >= 4 is 28.9 Å². The van der Waals surface area contributed by atoms with E-state index in [1.165, 1.54) is 16.7 Å². The first-order chi connectivity index (χ1) is 13.9. The van der Waals surface area contributed by atoms with E-state index in [-0.39, 0.29) is 11.7 Å². The van der Waals surface area contributed by atoms with Gasteiger partial charge in [-0.25, -0.2) is 4.98 Å². The number of carbonyl (C=O) groups is 1. The fourth-order valence-corrected chi connectivity index (χ4v) is 3.64. The van der Waals surface area contributed by atoms with Crippen LogP contribution in [-0.4, -0.2) is 15.8 Å². The van der Waals surface area contributed by atoms with Crippen LogP contribution in [-0.2, 0) is 6.42 Å². The largest absolute Gasteiger partial charge is 0.339 e. The number of carbonyl (C=O) groups excluding carboxylic acids is 1. The lowest BCUT2D eigenvalue weighted by atomic mass is 9.87. The molecule has 1 heterocycles. The molecule has 0 amide bonds. The van der Waals surface area contributed by atoms with Crippen LogP contribution in [0.3, 0.4) is 0 Å². The Kier molecular flexibility index (Phi) is 5.05.